The van der Waals surface area contributed by atoms with E-state index in [1.807, 2.05) is 0 Å². The highest BCUT2D eigenvalue weighted by Gasteiger charge is 2.32. The second-order valence-corrected chi connectivity index (χ2v) is 3.06. The molecule has 2 N–H and O–H groups in total. The van der Waals surface area contributed by atoms with Gasteiger partial charge in [0.15, 0.2) is 5.60 Å². The molecule has 0 aromatic rings. The maximum Gasteiger partial charge on any atom is 0.406 e. The number of ether oxygens (including phenoxy) is 1. The minimum absolute atomic E-state index is 0.0972. The molecular weight excluding hydrogens is 190 g/mol. The molecule has 0 radical (unpaired) electrons. The van der Waals surface area contributed by atoms with Gasteiger partial charge in [0, 0.05) is 11.5 Å². The van der Waals surface area contributed by atoms with Crippen LogP contribution >= 0.6 is 11.6 Å². The third kappa shape index (κ3) is 3.00. The summed E-state index contributed by atoms with van der Waals surface area (Å²) in [6.45, 7) is 3.61. The Hall–Kier alpha value is -1.14. The van der Waals surface area contributed by atoms with Gasteiger partial charge >= 0.3 is 6.09 Å². The molecule has 4 heteroatoms. The number of amides is 1. The Kier molecular flexibility index (Phi) is 4.36. The Morgan fingerprint density at radius 2 is 2.31 bits per heavy atom. The van der Waals surface area contributed by atoms with Crippen LogP contribution in [0.5, 0.6) is 0 Å². The van der Waals surface area contributed by atoms with Gasteiger partial charge in [0.05, 0.1) is 0 Å². The van der Waals surface area contributed by atoms with Gasteiger partial charge in [-0.2, -0.15) is 0 Å². The van der Waals surface area contributed by atoms with Crippen molar-refractivity contribution in [2.45, 2.75) is 19.4 Å². The highest BCUT2D eigenvalue weighted by atomic mass is 35.5. The maximum absolute atomic E-state index is 10.6. The van der Waals surface area contributed by atoms with Crippen LogP contribution in [0.2, 0.25) is 0 Å². The van der Waals surface area contributed by atoms with Gasteiger partial charge in [-0.15, -0.1) is 6.42 Å². The van der Waals surface area contributed by atoms with E-state index in [4.69, 9.17) is 28.5 Å². The number of halogens is 1. The van der Waals surface area contributed by atoms with E-state index in [2.05, 4.69) is 5.92 Å². The number of rotatable bonds is 3. The Bertz CT molecular complexity index is 255. The third-order valence-corrected chi connectivity index (χ3v) is 1.79. The van der Waals surface area contributed by atoms with Gasteiger partial charge in [-0.05, 0) is 6.08 Å². The summed E-state index contributed by atoms with van der Waals surface area (Å²) < 4.78 is 4.82. The summed E-state index contributed by atoms with van der Waals surface area (Å²) in [5, 5.41) is 0. The topological polar surface area (TPSA) is 52.3 Å². The first-order valence-electron chi connectivity index (χ1n) is 3.72. The molecular formula is C9H12ClNO2. The zero-order valence-electron chi connectivity index (χ0n) is 7.58. The molecule has 0 spiro atoms. The number of hydrogen-bond acceptors (Lipinski definition) is 2. The van der Waals surface area contributed by atoms with Crippen LogP contribution in [-0.2, 0) is 4.74 Å². The first-order valence-corrected chi connectivity index (χ1v) is 4.16. The molecule has 0 fully saturated rings. The van der Waals surface area contributed by atoms with E-state index in [-0.39, 0.29) is 5.92 Å². The standard InChI is InChI=1S/C9H12ClNO2/c1-4-9(5-6-10,7(2)3)13-8(11)12/h1,5-7H,2-3H3,(H2,11,12)/b6-5+. The fourth-order valence-corrected chi connectivity index (χ4v) is 1.04. The normalized spacial score (nSPS) is 15.3. The molecule has 0 aliphatic rings. The third-order valence-electron chi connectivity index (χ3n) is 1.66. The number of hydrogen-bond donors (Lipinski definition) is 1. The van der Waals surface area contributed by atoms with Crippen LogP contribution in [0.1, 0.15) is 13.8 Å². The lowest BCUT2D eigenvalue weighted by atomic mass is 9.91. The van der Waals surface area contributed by atoms with E-state index in [0.29, 0.717) is 0 Å². The number of carbonyl (C=O) groups is 1. The maximum atomic E-state index is 10.6. The highest BCUT2D eigenvalue weighted by Crippen LogP contribution is 2.23. The monoisotopic (exact) mass is 201 g/mol. The van der Waals surface area contributed by atoms with Crippen LogP contribution in [-0.4, -0.2) is 11.7 Å². The Morgan fingerprint density at radius 3 is 2.54 bits per heavy atom. The summed E-state index contributed by atoms with van der Waals surface area (Å²) in [7, 11) is 0. The SMILES string of the molecule is C#CC(/C=C/Cl)(OC(N)=O)C(C)C. The number of nitrogens with two attached hydrogens (primary N) is 1. The van der Waals surface area contributed by atoms with Crippen molar-refractivity contribution in [3.63, 3.8) is 0 Å². The molecule has 0 aliphatic carbocycles. The van der Waals surface area contributed by atoms with Crippen molar-refractivity contribution < 1.29 is 9.53 Å². The van der Waals surface area contributed by atoms with Gasteiger partial charge in [0.25, 0.3) is 0 Å². The Balaban J connectivity index is 4.89. The molecule has 0 bridgehead atoms. The zero-order valence-corrected chi connectivity index (χ0v) is 8.34. The van der Waals surface area contributed by atoms with Crippen molar-refractivity contribution in [1.29, 1.82) is 0 Å². The highest BCUT2D eigenvalue weighted by molar-refractivity contribution is 6.25. The van der Waals surface area contributed by atoms with Crippen molar-refractivity contribution in [1.82, 2.24) is 0 Å². The molecule has 0 aromatic carbocycles. The number of carbonyl (C=O) groups excluding carboxylic acids is 1. The Morgan fingerprint density at radius 1 is 1.77 bits per heavy atom. The molecule has 0 saturated heterocycles. The molecule has 72 valence electrons. The van der Waals surface area contributed by atoms with Crippen molar-refractivity contribution in [3.8, 4) is 12.3 Å². The van der Waals surface area contributed by atoms with Crippen LogP contribution in [0.3, 0.4) is 0 Å². The molecule has 3 nitrogen and oxygen atoms in total. The minimum Gasteiger partial charge on any atom is -0.426 e. The van der Waals surface area contributed by atoms with Crippen LogP contribution in [0.15, 0.2) is 11.6 Å². The van der Waals surface area contributed by atoms with Crippen LogP contribution in [0.4, 0.5) is 4.79 Å². The molecule has 0 rings (SSSR count). The van der Waals surface area contributed by atoms with Crippen LogP contribution in [0, 0.1) is 18.3 Å². The summed E-state index contributed by atoms with van der Waals surface area (Å²) in [4.78, 5) is 10.6. The van der Waals surface area contributed by atoms with E-state index >= 15 is 0 Å². The molecule has 0 heterocycles. The lowest BCUT2D eigenvalue weighted by molar-refractivity contribution is 0.0623. The number of primary amides is 1. The van der Waals surface area contributed by atoms with Crippen LogP contribution < -0.4 is 5.73 Å². The summed E-state index contributed by atoms with van der Waals surface area (Å²) in [6.07, 6.45) is 5.76. The minimum atomic E-state index is -1.15. The van der Waals surface area contributed by atoms with Crippen LogP contribution in [0.25, 0.3) is 0 Å². The predicted octanol–water partition coefficient (Wildman–Crippen LogP) is 1.86. The molecule has 1 unspecified atom stereocenters. The smallest absolute Gasteiger partial charge is 0.406 e. The number of terminal acetylenes is 1. The van der Waals surface area contributed by atoms with Gasteiger partial charge in [-0.25, -0.2) is 4.79 Å². The quantitative estimate of drug-likeness (QED) is 0.709. The zero-order chi connectivity index (χ0) is 10.5. The lowest BCUT2D eigenvalue weighted by Crippen LogP contribution is -2.38. The van der Waals surface area contributed by atoms with Gasteiger partial charge in [-0.3, -0.25) is 0 Å². The first-order chi connectivity index (χ1) is 5.98. The van der Waals surface area contributed by atoms with Crippen molar-refractivity contribution in [3.05, 3.63) is 11.6 Å². The lowest BCUT2D eigenvalue weighted by Gasteiger charge is -2.27. The van der Waals surface area contributed by atoms with E-state index in [9.17, 15) is 4.79 Å². The summed E-state index contributed by atoms with van der Waals surface area (Å²) in [5.41, 5.74) is 4.95. The fourth-order valence-electron chi connectivity index (χ4n) is 0.849. The Labute approximate surface area is 82.9 Å². The fraction of sp³-hybridized carbons (Fsp3) is 0.444. The molecule has 1 amide bonds. The molecule has 1 atom stereocenters. The van der Waals surface area contributed by atoms with Gasteiger partial charge < -0.3 is 10.5 Å². The average Bonchev–Trinajstić information content (AvgIpc) is 2.02. The summed E-state index contributed by atoms with van der Waals surface area (Å²) in [6, 6.07) is 0. The largest absolute Gasteiger partial charge is 0.426 e. The van der Waals surface area contributed by atoms with Gasteiger partial charge in [-0.1, -0.05) is 31.4 Å². The van der Waals surface area contributed by atoms with E-state index in [1.165, 1.54) is 11.6 Å². The average molecular weight is 202 g/mol. The van der Waals surface area contributed by atoms with Gasteiger partial charge in [0.1, 0.15) is 0 Å². The molecule has 0 aromatic heterocycles. The summed E-state index contributed by atoms with van der Waals surface area (Å²) in [5.74, 6) is 2.26. The molecule has 0 saturated carbocycles. The molecule has 13 heavy (non-hydrogen) atoms. The second-order valence-electron chi connectivity index (χ2n) is 2.81. The summed E-state index contributed by atoms with van der Waals surface area (Å²) >= 11 is 5.38. The predicted molar refractivity (Wildman–Crippen MR) is 52.1 cm³/mol. The second kappa shape index (κ2) is 4.78. The van der Waals surface area contributed by atoms with Gasteiger partial charge in [0.2, 0.25) is 0 Å². The van der Waals surface area contributed by atoms with Crippen molar-refractivity contribution in [2.75, 3.05) is 0 Å². The van der Waals surface area contributed by atoms with E-state index in [0.717, 1.165) is 0 Å². The van der Waals surface area contributed by atoms with E-state index in [1.54, 1.807) is 13.8 Å². The van der Waals surface area contributed by atoms with E-state index < -0.39 is 11.7 Å². The van der Waals surface area contributed by atoms with Crippen molar-refractivity contribution >= 4 is 17.7 Å². The molecule has 0 aliphatic heterocycles. The van der Waals surface area contributed by atoms with Crippen molar-refractivity contribution in [2.24, 2.45) is 11.7 Å². The first kappa shape index (κ1) is 11.9.